The topological polar surface area (TPSA) is 57.5 Å². The molecule has 2 rings (SSSR count). The molecule has 2 N–H and O–H groups in total. The van der Waals surface area contributed by atoms with Crippen LogP contribution in [0.1, 0.15) is 24.0 Å². The van der Waals surface area contributed by atoms with Gasteiger partial charge in [-0.15, -0.1) is 0 Å². The van der Waals surface area contributed by atoms with Crippen LogP contribution in [0.4, 0.5) is 0 Å². The zero-order chi connectivity index (χ0) is 17.1. The van der Waals surface area contributed by atoms with Crippen molar-refractivity contribution < 1.29 is 15.0 Å². The van der Waals surface area contributed by atoms with Crippen LogP contribution in [-0.2, 0) is 17.6 Å². The Hall–Kier alpha value is -1.55. The fourth-order valence-electron chi connectivity index (χ4n) is 1.84. The predicted molar refractivity (Wildman–Crippen MR) is 94.3 cm³/mol. The van der Waals surface area contributed by atoms with Crippen molar-refractivity contribution in [1.82, 2.24) is 0 Å². The van der Waals surface area contributed by atoms with Crippen LogP contribution in [0.15, 0.2) is 48.5 Å². The molecule has 0 atom stereocenters. The van der Waals surface area contributed by atoms with E-state index in [0.717, 1.165) is 23.4 Å². The molecule has 23 heavy (non-hydrogen) atoms. The molecule has 124 valence electrons. The lowest BCUT2D eigenvalue weighted by molar-refractivity contribution is -0.136. The molecule has 5 heteroatoms. The Bertz CT molecular complexity index is 580. The number of hydrogen-bond donors (Lipinski definition) is 2. The van der Waals surface area contributed by atoms with Gasteiger partial charge in [0.25, 0.3) is 0 Å². The van der Waals surface area contributed by atoms with Gasteiger partial charge in [0, 0.05) is 23.1 Å². The minimum Gasteiger partial charge on any atom is -0.481 e. The van der Waals surface area contributed by atoms with Crippen LogP contribution in [0, 0.1) is 0 Å². The predicted octanol–water partition coefficient (Wildman–Crippen LogP) is 4.62. The molecule has 0 amide bonds. The summed E-state index contributed by atoms with van der Waals surface area (Å²) in [5, 5.41) is 18.4. The molecule has 0 aliphatic heterocycles. The van der Waals surface area contributed by atoms with E-state index < -0.39 is 5.97 Å². The zero-order valence-electron chi connectivity index (χ0n) is 12.7. The fraction of sp³-hybridized carbons (Fsp3) is 0.278. The average molecular weight is 355 g/mol. The van der Waals surface area contributed by atoms with E-state index in [9.17, 15) is 4.79 Å². The van der Waals surface area contributed by atoms with Crippen molar-refractivity contribution in [2.24, 2.45) is 0 Å². The SMILES string of the molecule is O=C(O)CCc1ccc(Cl)cc1.OCCCc1ccc(Cl)cc1. The monoisotopic (exact) mass is 354 g/mol. The summed E-state index contributed by atoms with van der Waals surface area (Å²) in [7, 11) is 0. The molecule has 0 aliphatic carbocycles. The molecule has 0 unspecified atom stereocenters. The first-order valence-corrected chi connectivity index (χ1v) is 8.08. The molecule has 0 aromatic heterocycles. The van der Waals surface area contributed by atoms with Crippen molar-refractivity contribution >= 4 is 29.2 Å². The molecule has 2 aromatic carbocycles. The molecule has 0 bridgehead atoms. The second-order valence-corrected chi connectivity index (χ2v) is 5.85. The van der Waals surface area contributed by atoms with Crippen LogP contribution < -0.4 is 0 Å². The first-order chi connectivity index (χ1) is 11.0. The Morgan fingerprint density at radius 1 is 0.826 bits per heavy atom. The third kappa shape index (κ3) is 9.24. The summed E-state index contributed by atoms with van der Waals surface area (Å²) < 4.78 is 0. The van der Waals surface area contributed by atoms with Gasteiger partial charge >= 0.3 is 5.97 Å². The van der Waals surface area contributed by atoms with E-state index >= 15 is 0 Å². The fourth-order valence-corrected chi connectivity index (χ4v) is 2.09. The highest BCUT2D eigenvalue weighted by molar-refractivity contribution is 6.30. The molecule has 0 saturated heterocycles. The minimum absolute atomic E-state index is 0.168. The van der Waals surface area contributed by atoms with E-state index in [1.165, 1.54) is 5.56 Å². The van der Waals surface area contributed by atoms with Gasteiger partial charge in [0.15, 0.2) is 0 Å². The second-order valence-electron chi connectivity index (χ2n) is 4.97. The van der Waals surface area contributed by atoms with Gasteiger partial charge in [-0.25, -0.2) is 0 Å². The molecular formula is C18H20Cl2O3. The number of aliphatic hydroxyl groups excluding tert-OH is 1. The van der Waals surface area contributed by atoms with Gasteiger partial charge in [-0.3, -0.25) is 4.79 Å². The number of carboxylic acids is 1. The van der Waals surface area contributed by atoms with Crippen molar-refractivity contribution in [3.8, 4) is 0 Å². The van der Waals surface area contributed by atoms with Gasteiger partial charge < -0.3 is 10.2 Å². The number of aryl methyl sites for hydroxylation is 2. The molecule has 0 saturated carbocycles. The van der Waals surface area contributed by atoms with E-state index in [1.807, 2.05) is 36.4 Å². The maximum atomic E-state index is 10.2. The van der Waals surface area contributed by atoms with Gasteiger partial charge in [-0.2, -0.15) is 0 Å². The van der Waals surface area contributed by atoms with Crippen molar-refractivity contribution in [1.29, 1.82) is 0 Å². The van der Waals surface area contributed by atoms with Crippen LogP contribution in [0.3, 0.4) is 0 Å². The number of aliphatic carboxylic acids is 1. The van der Waals surface area contributed by atoms with Crippen LogP contribution in [0.25, 0.3) is 0 Å². The molecule has 3 nitrogen and oxygen atoms in total. The Morgan fingerprint density at radius 3 is 1.65 bits per heavy atom. The van der Waals surface area contributed by atoms with Gasteiger partial charge in [0.2, 0.25) is 0 Å². The highest BCUT2D eigenvalue weighted by atomic mass is 35.5. The smallest absolute Gasteiger partial charge is 0.303 e. The number of benzene rings is 2. The number of carbonyl (C=O) groups is 1. The quantitative estimate of drug-likeness (QED) is 0.795. The van der Waals surface area contributed by atoms with Crippen molar-refractivity contribution in [3.63, 3.8) is 0 Å². The summed E-state index contributed by atoms with van der Waals surface area (Å²) in [6, 6.07) is 14.9. The van der Waals surface area contributed by atoms with Crippen molar-refractivity contribution in [2.45, 2.75) is 25.7 Å². The largest absolute Gasteiger partial charge is 0.481 e. The molecule has 0 spiro atoms. The Kier molecular flexibility index (Phi) is 9.37. The van der Waals surface area contributed by atoms with Crippen LogP contribution in [0.5, 0.6) is 0 Å². The lowest BCUT2D eigenvalue weighted by Crippen LogP contribution is -1.96. The summed E-state index contributed by atoms with van der Waals surface area (Å²) in [6.07, 6.45) is 2.48. The van der Waals surface area contributed by atoms with Crippen LogP contribution >= 0.6 is 23.2 Å². The lowest BCUT2D eigenvalue weighted by atomic mass is 10.1. The van der Waals surface area contributed by atoms with E-state index in [0.29, 0.717) is 11.4 Å². The maximum Gasteiger partial charge on any atom is 0.303 e. The number of aliphatic hydroxyl groups is 1. The van der Waals surface area contributed by atoms with Crippen molar-refractivity contribution in [3.05, 3.63) is 69.7 Å². The molecular weight excluding hydrogens is 335 g/mol. The summed E-state index contributed by atoms with van der Waals surface area (Å²) in [6.45, 7) is 0.253. The van der Waals surface area contributed by atoms with Gasteiger partial charge in [-0.05, 0) is 54.7 Å². The van der Waals surface area contributed by atoms with E-state index in [-0.39, 0.29) is 13.0 Å². The minimum atomic E-state index is -0.773. The third-order valence-corrected chi connectivity index (χ3v) is 3.58. The maximum absolute atomic E-state index is 10.2. The van der Waals surface area contributed by atoms with E-state index in [2.05, 4.69) is 0 Å². The molecule has 0 heterocycles. The number of rotatable bonds is 6. The normalized spacial score (nSPS) is 9.87. The molecule has 0 aliphatic rings. The average Bonchev–Trinajstić information content (AvgIpc) is 2.54. The first-order valence-electron chi connectivity index (χ1n) is 7.33. The Morgan fingerprint density at radius 2 is 1.26 bits per heavy atom. The highest BCUT2D eigenvalue weighted by Crippen LogP contribution is 2.11. The van der Waals surface area contributed by atoms with Crippen LogP contribution in [-0.4, -0.2) is 22.8 Å². The van der Waals surface area contributed by atoms with Gasteiger partial charge in [-0.1, -0.05) is 47.5 Å². The molecule has 2 aromatic rings. The Balaban J connectivity index is 0.000000231. The van der Waals surface area contributed by atoms with Gasteiger partial charge in [0.05, 0.1) is 0 Å². The first kappa shape index (κ1) is 19.5. The standard InChI is InChI=1S/C9H9ClO2.C9H11ClO/c10-8-4-1-7(2-5-8)3-6-9(11)12;10-9-5-3-8(4-6-9)2-1-7-11/h1-2,4-5H,3,6H2,(H,11,12);3-6,11H,1-2,7H2. The number of halogens is 2. The second kappa shape index (κ2) is 11.1. The molecule has 0 radical (unpaired) electrons. The summed E-state index contributed by atoms with van der Waals surface area (Å²) in [5.41, 5.74) is 2.23. The molecule has 0 fully saturated rings. The van der Waals surface area contributed by atoms with Crippen molar-refractivity contribution in [2.75, 3.05) is 6.61 Å². The number of carboxylic acid groups (broad SMARTS) is 1. The van der Waals surface area contributed by atoms with Gasteiger partial charge in [0.1, 0.15) is 0 Å². The Labute approximate surface area is 146 Å². The number of hydrogen-bond acceptors (Lipinski definition) is 2. The zero-order valence-corrected chi connectivity index (χ0v) is 14.2. The summed E-state index contributed by atoms with van der Waals surface area (Å²) in [4.78, 5) is 10.2. The third-order valence-electron chi connectivity index (χ3n) is 3.08. The van der Waals surface area contributed by atoms with E-state index in [4.69, 9.17) is 33.4 Å². The summed E-state index contributed by atoms with van der Waals surface area (Å²) in [5.74, 6) is -0.773. The summed E-state index contributed by atoms with van der Waals surface area (Å²) >= 11 is 11.4. The highest BCUT2D eigenvalue weighted by Gasteiger charge is 1.98. The lowest BCUT2D eigenvalue weighted by Gasteiger charge is -1.97. The van der Waals surface area contributed by atoms with E-state index in [1.54, 1.807) is 12.1 Å². The van der Waals surface area contributed by atoms with Crippen LogP contribution in [0.2, 0.25) is 10.0 Å².